The molecule has 0 aromatic carbocycles. The molecule has 0 saturated heterocycles. The molecule has 0 saturated carbocycles. The molecule has 7 heteroatoms. The standard InChI is InChI=1S/C12H14BrN5O/c13-9-5-15-18(6-9)8-12(19)16-10-1-2-11-14-3-4-17(11)7-10/h3-6,10H,1-2,7-8H2,(H,16,19)/t10-/m1/s1. The lowest BCUT2D eigenvalue weighted by atomic mass is 10.1. The first-order valence-electron chi connectivity index (χ1n) is 6.18. The van der Waals surface area contributed by atoms with Crippen LogP contribution in [0.25, 0.3) is 0 Å². The number of carbonyl (C=O) groups is 1. The highest BCUT2D eigenvalue weighted by atomic mass is 79.9. The van der Waals surface area contributed by atoms with Gasteiger partial charge in [0.2, 0.25) is 5.91 Å². The average Bonchev–Trinajstić information content (AvgIpc) is 2.97. The third kappa shape index (κ3) is 2.86. The van der Waals surface area contributed by atoms with Crippen molar-refractivity contribution >= 4 is 21.8 Å². The molecule has 0 unspecified atom stereocenters. The molecule has 19 heavy (non-hydrogen) atoms. The first-order chi connectivity index (χ1) is 9.20. The molecule has 6 nitrogen and oxygen atoms in total. The Morgan fingerprint density at radius 3 is 3.26 bits per heavy atom. The number of amides is 1. The van der Waals surface area contributed by atoms with Crippen LogP contribution >= 0.6 is 15.9 Å². The zero-order valence-corrected chi connectivity index (χ0v) is 11.9. The molecule has 1 amide bonds. The number of rotatable bonds is 3. The minimum absolute atomic E-state index is 0.0100. The quantitative estimate of drug-likeness (QED) is 0.915. The summed E-state index contributed by atoms with van der Waals surface area (Å²) in [7, 11) is 0. The Labute approximate surface area is 118 Å². The molecular formula is C12H14BrN5O. The number of nitrogens with zero attached hydrogens (tertiary/aromatic N) is 4. The molecule has 2 aromatic rings. The monoisotopic (exact) mass is 323 g/mol. The number of hydrogen-bond donors (Lipinski definition) is 1. The van der Waals surface area contributed by atoms with Crippen LogP contribution in [-0.4, -0.2) is 31.3 Å². The molecule has 3 heterocycles. The van der Waals surface area contributed by atoms with Crippen LogP contribution in [0.3, 0.4) is 0 Å². The summed E-state index contributed by atoms with van der Waals surface area (Å²) in [6.45, 7) is 1.04. The molecule has 0 bridgehead atoms. The predicted octanol–water partition coefficient (Wildman–Crippen LogP) is 0.973. The van der Waals surface area contributed by atoms with E-state index in [0.717, 1.165) is 29.7 Å². The van der Waals surface area contributed by atoms with E-state index >= 15 is 0 Å². The number of imidazole rings is 1. The van der Waals surface area contributed by atoms with Gasteiger partial charge in [0.25, 0.3) is 0 Å². The van der Waals surface area contributed by atoms with E-state index in [4.69, 9.17) is 0 Å². The van der Waals surface area contributed by atoms with Crippen LogP contribution in [0.5, 0.6) is 0 Å². The van der Waals surface area contributed by atoms with Crippen molar-refractivity contribution in [2.24, 2.45) is 0 Å². The zero-order valence-electron chi connectivity index (χ0n) is 10.3. The Morgan fingerprint density at radius 2 is 2.47 bits per heavy atom. The second kappa shape index (κ2) is 5.16. The molecule has 0 fully saturated rings. The van der Waals surface area contributed by atoms with E-state index in [-0.39, 0.29) is 18.5 Å². The SMILES string of the molecule is O=C(Cn1cc(Br)cn1)N[C@@H]1CCc2nccn2C1. The molecule has 1 atom stereocenters. The van der Waals surface area contributed by atoms with E-state index in [1.54, 1.807) is 23.3 Å². The molecule has 0 spiro atoms. The van der Waals surface area contributed by atoms with Crippen LogP contribution in [0.15, 0.2) is 29.3 Å². The van der Waals surface area contributed by atoms with Gasteiger partial charge in [-0.15, -0.1) is 0 Å². The van der Waals surface area contributed by atoms with Gasteiger partial charge in [-0.3, -0.25) is 9.48 Å². The third-order valence-corrected chi connectivity index (χ3v) is 3.62. The van der Waals surface area contributed by atoms with Gasteiger partial charge in [-0.25, -0.2) is 4.98 Å². The summed E-state index contributed by atoms with van der Waals surface area (Å²) in [4.78, 5) is 16.2. The van der Waals surface area contributed by atoms with Crippen LogP contribution in [0, 0.1) is 0 Å². The van der Waals surface area contributed by atoms with Crippen molar-refractivity contribution in [3.8, 4) is 0 Å². The molecule has 3 rings (SSSR count). The molecule has 1 aliphatic rings. The lowest BCUT2D eigenvalue weighted by molar-refractivity contribution is -0.122. The number of halogens is 1. The number of hydrogen-bond acceptors (Lipinski definition) is 3. The Balaban J connectivity index is 1.56. The number of aryl methyl sites for hydroxylation is 1. The van der Waals surface area contributed by atoms with Crippen molar-refractivity contribution in [1.82, 2.24) is 24.6 Å². The lowest BCUT2D eigenvalue weighted by Gasteiger charge is -2.24. The van der Waals surface area contributed by atoms with Crippen molar-refractivity contribution in [2.75, 3.05) is 0 Å². The highest BCUT2D eigenvalue weighted by molar-refractivity contribution is 9.10. The summed E-state index contributed by atoms with van der Waals surface area (Å²) in [5, 5.41) is 7.11. The van der Waals surface area contributed by atoms with Crippen LogP contribution in [0.4, 0.5) is 0 Å². The zero-order chi connectivity index (χ0) is 13.2. The van der Waals surface area contributed by atoms with E-state index in [1.165, 1.54) is 0 Å². The van der Waals surface area contributed by atoms with Crippen molar-refractivity contribution in [1.29, 1.82) is 0 Å². The van der Waals surface area contributed by atoms with Gasteiger partial charge in [0.15, 0.2) is 0 Å². The summed E-state index contributed by atoms with van der Waals surface area (Å²) in [6.07, 6.45) is 9.07. The molecule has 2 aromatic heterocycles. The van der Waals surface area contributed by atoms with Crippen LogP contribution < -0.4 is 5.32 Å². The minimum atomic E-state index is -0.0100. The Kier molecular flexibility index (Phi) is 3.37. The Morgan fingerprint density at radius 1 is 1.58 bits per heavy atom. The van der Waals surface area contributed by atoms with E-state index in [2.05, 4.69) is 35.9 Å². The van der Waals surface area contributed by atoms with Crippen molar-refractivity contribution in [3.63, 3.8) is 0 Å². The highest BCUT2D eigenvalue weighted by Gasteiger charge is 2.20. The average molecular weight is 324 g/mol. The summed E-state index contributed by atoms with van der Waals surface area (Å²) in [6, 6.07) is 0.174. The van der Waals surface area contributed by atoms with Gasteiger partial charge in [-0.2, -0.15) is 5.10 Å². The third-order valence-electron chi connectivity index (χ3n) is 3.21. The fraction of sp³-hybridized carbons (Fsp3) is 0.417. The normalized spacial score (nSPS) is 18.1. The van der Waals surface area contributed by atoms with Crippen molar-refractivity contribution in [2.45, 2.75) is 32.0 Å². The maximum atomic E-state index is 11.9. The number of aromatic nitrogens is 4. The second-order valence-corrected chi connectivity index (χ2v) is 5.57. The topological polar surface area (TPSA) is 64.7 Å². The molecule has 1 aliphatic heterocycles. The smallest absolute Gasteiger partial charge is 0.242 e. The largest absolute Gasteiger partial charge is 0.350 e. The van der Waals surface area contributed by atoms with Gasteiger partial charge in [-0.1, -0.05) is 0 Å². The van der Waals surface area contributed by atoms with Crippen LogP contribution in [-0.2, 0) is 24.3 Å². The van der Waals surface area contributed by atoms with Crippen LogP contribution in [0.1, 0.15) is 12.2 Å². The Bertz CT molecular complexity index is 590. The van der Waals surface area contributed by atoms with Gasteiger partial charge in [0.1, 0.15) is 12.4 Å². The molecular weight excluding hydrogens is 310 g/mol. The first-order valence-corrected chi connectivity index (χ1v) is 6.97. The van der Waals surface area contributed by atoms with Gasteiger partial charge in [0.05, 0.1) is 10.7 Å². The highest BCUT2D eigenvalue weighted by Crippen LogP contribution is 2.13. The van der Waals surface area contributed by atoms with Crippen molar-refractivity contribution < 1.29 is 4.79 Å². The first kappa shape index (κ1) is 12.4. The van der Waals surface area contributed by atoms with E-state index in [1.807, 2.05) is 6.20 Å². The Hall–Kier alpha value is -1.63. The van der Waals surface area contributed by atoms with Gasteiger partial charge in [0, 0.05) is 37.6 Å². The second-order valence-electron chi connectivity index (χ2n) is 4.66. The summed E-state index contributed by atoms with van der Waals surface area (Å²) >= 11 is 3.31. The molecule has 1 N–H and O–H groups in total. The maximum Gasteiger partial charge on any atom is 0.242 e. The number of nitrogens with one attached hydrogen (secondary N) is 1. The molecule has 100 valence electrons. The van der Waals surface area contributed by atoms with Gasteiger partial charge in [-0.05, 0) is 22.4 Å². The lowest BCUT2D eigenvalue weighted by Crippen LogP contribution is -2.42. The molecule has 0 radical (unpaired) electrons. The van der Waals surface area contributed by atoms with E-state index in [0.29, 0.717) is 0 Å². The molecule has 0 aliphatic carbocycles. The van der Waals surface area contributed by atoms with E-state index in [9.17, 15) is 4.79 Å². The summed E-state index contributed by atoms with van der Waals surface area (Å²) in [5.41, 5.74) is 0. The summed E-state index contributed by atoms with van der Waals surface area (Å²) < 4.78 is 4.59. The predicted molar refractivity (Wildman–Crippen MR) is 72.4 cm³/mol. The fourth-order valence-electron chi connectivity index (χ4n) is 2.33. The maximum absolute atomic E-state index is 11.9. The number of fused-ring (bicyclic) bond motifs is 1. The minimum Gasteiger partial charge on any atom is -0.350 e. The summed E-state index contributed by atoms with van der Waals surface area (Å²) in [5.74, 6) is 1.09. The van der Waals surface area contributed by atoms with Crippen molar-refractivity contribution in [3.05, 3.63) is 35.1 Å². The van der Waals surface area contributed by atoms with E-state index < -0.39 is 0 Å². The number of carbonyl (C=O) groups excluding carboxylic acids is 1. The fourth-order valence-corrected chi connectivity index (χ4v) is 2.66. The van der Waals surface area contributed by atoms with Gasteiger partial charge >= 0.3 is 0 Å². The van der Waals surface area contributed by atoms with Crippen LogP contribution in [0.2, 0.25) is 0 Å². The van der Waals surface area contributed by atoms with Gasteiger partial charge < -0.3 is 9.88 Å².